The zero-order valence-corrected chi connectivity index (χ0v) is 11.9. The van der Waals surface area contributed by atoms with Crippen LogP contribution >= 0.6 is 0 Å². The van der Waals surface area contributed by atoms with E-state index in [0.717, 1.165) is 31.2 Å². The largest absolute Gasteiger partial charge is 0.396 e. The molecule has 1 rings (SSSR count). The summed E-state index contributed by atoms with van der Waals surface area (Å²) in [6, 6.07) is 3.65. The number of rotatable bonds is 10. The normalized spacial score (nSPS) is 11.6. The molecule has 0 radical (unpaired) electrons. The SMILES string of the molecule is O=S(=O)(CCc1ccncc1)NCCCCCCO. The number of sulfonamides is 1. The highest BCUT2D eigenvalue weighted by Gasteiger charge is 2.09. The summed E-state index contributed by atoms with van der Waals surface area (Å²) in [4.78, 5) is 3.89. The van der Waals surface area contributed by atoms with Crippen LogP contribution < -0.4 is 4.72 Å². The predicted octanol–water partition coefficient (Wildman–Crippen LogP) is 1.10. The van der Waals surface area contributed by atoms with Gasteiger partial charge in [-0.25, -0.2) is 13.1 Å². The van der Waals surface area contributed by atoms with Crippen molar-refractivity contribution in [1.29, 1.82) is 0 Å². The summed E-state index contributed by atoms with van der Waals surface area (Å²) in [6.07, 6.45) is 7.31. The topological polar surface area (TPSA) is 79.3 Å². The van der Waals surface area contributed by atoms with Gasteiger partial charge in [0.2, 0.25) is 10.0 Å². The number of aryl methyl sites for hydroxylation is 1. The molecular formula is C13H22N2O3S. The zero-order chi connectivity index (χ0) is 14.0. The lowest BCUT2D eigenvalue weighted by atomic mass is 10.2. The van der Waals surface area contributed by atoms with E-state index in [2.05, 4.69) is 9.71 Å². The van der Waals surface area contributed by atoms with E-state index in [4.69, 9.17) is 5.11 Å². The van der Waals surface area contributed by atoms with Crippen LogP contribution in [0.4, 0.5) is 0 Å². The minimum atomic E-state index is -3.19. The number of nitrogens with zero attached hydrogens (tertiary/aromatic N) is 1. The van der Waals surface area contributed by atoms with E-state index in [9.17, 15) is 8.42 Å². The quantitative estimate of drug-likeness (QED) is 0.631. The van der Waals surface area contributed by atoms with Crippen molar-refractivity contribution in [2.24, 2.45) is 0 Å². The van der Waals surface area contributed by atoms with Crippen molar-refractivity contribution in [2.45, 2.75) is 32.1 Å². The lowest BCUT2D eigenvalue weighted by molar-refractivity contribution is 0.282. The summed E-state index contributed by atoms with van der Waals surface area (Å²) < 4.78 is 26.1. The number of aromatic nitrogens is 1. The van der Waals surface area contributed by atoms with E-state index in [1.807, 2.05) is 12.1 Å². The number of aliphatic hydroxyl groups is 1. The molecule has 6 heteroatoms. The Bertz CT molecular complexity index is 434. The summed E-state index contributed by atoms with van der Waals surface area (Å²) >= 11 is 0. The Morgan fingerprint density at radius 3 is 2.47 bits per heavy atom. The number of hydrogen-bond acceptors (Lipinski definition) is 4. The lowest BCUT2D eigenvalue weighted by Crippen LogP contribution is -2.28. The Labute approximate surface area is 115 Å². The third kappa shape index (κ3) is 7.92. The monoisotopic (exact) mass is 286 g/mol. The highest BCUT2D eigenvalue weighted by molar-refractivity contribution is 7.89. The van der Waals surface area contributed by atoms with Gasteiger partial charge in [-0.1, -0.05) is 12.8 Å². The number of nitrogens with one attached hydrogen (secondary N) is 1. The average Bonchev–Trinajstić information content (AvgIpc) is 2.42. The van der Waals surface area contributed by atoms with Gasteiger partial charge in [0.05, 0.1) is 5.75 Å². The standard InChI is InChI=1S/C13H22N2O3S/c16-11-4-2-1-3-8-15-19(17,18)12-7-13-5-9-14-10-6-13/h5-6,9-10,15-16H,1-4,7-8,11-12H2. The van der Waals surface area contributed by atoms with Crippen molar-refractivity contribution >= 4 is 10.0 Å². The highest BCUT2D eigenvalue weighted by atomic mass is 32.2. The molecule has 0 aliphatic rings. The van der Waals surface area contributed by atoms with E-state index in [0.29, 0.717) is 13.0 Å². The van der Waals surface area contributed by atoms with Gasteiger partial charge in [0.15, 0.2) is 0 Å². The highest BCUT2D eigenvalue weighted by Crippen LogP contribution is 2.01. The molecule has 19 heavy (non-hydrogen) atoms. The van der Waals surface area contributed by atoms with Crippen molar-refractivity contribution in [1.82, 2.24) is 9.71 Å². The molecule has 0 bridgehead atoms. The Kier molecular flexibility index (Phi) is 7.62. The first-order valence-electron chi connectivity index (χ1n) is 6.61. The van der Waals surface area contributed by atoms with Crippen molar-refractivity contribution < 1.29 is 13.5 Å². The molecule has 1 aromatic rings. The Hall–Kier alpha value is -0.980. The molecule has 0 fully saturated rings. The van der Waals surface area contributed by atoms with Gasteiger partial charge in [-0.2, -0.15) is 0 Å². The summed E-state index contributed by atoms with van der Waals surface area (Å²) in [6.45, 7) is 0.682. The van der Waals surface area contributed by atoms with Crippen LogP contribution in [-0.4, -0.2) is 37.4 Å². The molecule has 0 spiro atoms. The summed E-state index contributed by atoms with van der Waals surface area (Å²) in [5, 5.41) is 8.61. The molecule has 5 nitrogen and oxygen atoms in total. The van der Waals surface area contributed by atoms with Crippen molar-refractivity contribution in [3.05, 3.63) is 30.1 Å². The minimum Gasteiger partial charge on any atom is -0.396 e. The van der Waals surface area contributed by atoms with Gasteiger partial charge in [-0.3, -0.25) is 4.98 Å². The van der Waals surface area contributed by atoms with E-state index < -0.39 is 10.0 Å². The van der Waals surface area contributed by atoms with Crippen molar-refractivity contribution in [2.75, 3.05) is 18.9 Å². The van der Waals surface area contributed by atoms with Crippen LogP contribution in [0, 0.1) is 0 Å². The fourth-order valence-corrected chi connectivity index (χ4v) is 2.80. The Morgan fingerprint density at radius 1 is 1.11 bits per heavy atom. The van der Waals surface area contributed by atoms with Gasteiger partial charge in [-0.05, 0) is 37.0 Å². The first kappa shape index (κ1) is 16.1. The molecular weight excluding hydrogens is 264 g/mol. The van der Waals surface area contributed by atoms with Crippen LogP contribution in [0.15, 0.2) is 24.5 Å². The smallest absolute Gasteiger partial charge is 0.211 e. The molecule has 1 heterocycles. The van der Waals surface area contributed by atoms with E-state index in [1.165, 1.54) is 0 Å². The van der Waals surface area contributed by atoms with Crippen molar-refractivity contribution in [3.8, 4) is 0 Å². The first-order valence-corrected chi connectivity index (χ1v) is 8.26. The second-order valence-corrected chi connectivity index (χ2v) is 6.38. The predicted molar refractivity (Wildman–Crippen MR) is 75.3 cm³/mol. The number of pyridine rings is 1. The maximum atomic E-state index is 11.7. The average molecular weight is 286 g/mol. The van der Waals surface area contributed by atoms with E-state index in [-0.39, 0.29) is 12.4 Å². The maximum absolute atomic E-state index is 11.7. The van der Waals surface area contributed by atoms with E-state index >= 15 is 0 Å². The molecule has 0 saturated heterocycles. The van der Waals surface area contributed by atoms with Crippen LogP contribution in [0.5, 0.6) is 0 Å². The molecule has 1 aromatic heterocycles. The number of aliphatic hydroxyl groups excluding tert-OH is 1. The summed E-state index contributed by atoms with van der Waals surface area (Å²) in [7, 11) is -3.19. The van der Waals surface area contributed by atoms with Gasteiger partial charge in [0.1, 0.15) is 0 Å². The second kappa shape index (κ2) is 9.01. The fourth-order valence-electron chi connectivity index (χ4n) is 1.69. The van der Waals surface area contributed by atoms with Gasteiger partial charge >= 0.3 is 0 Å². The molecule has 0 saturated carbocycles. The van der Waals surface area contributed by atoms with Gasteiger partial charge < -0.3 is 5.11 Å². The van der Waals surface area contributed by atoms with Crippen LogP contribution in [0.25, 0.3) is 0 Å². The molecule has 0 aliphatic heterocycles. The van der Waals surface area contributed by atoms with Crippen LogP contribution in [0.2, 0.25) is 0 Å². The molecule has 0 amide bonds. The van der Waals surface area contributed by atoms with Crippen LogP contribution in [0.1, 0.15) is 31.2 Å². The molecule has 0 unspecified atom stereocenters. The van der Waals surface area contributed by atoms with Crippen LogP contribution in [0.3, 0.4) is 0 Å². The molecule has 0 atom stereocenters. The van der Waals surface area contributed by atoms with E-state index in [1.54, 1.807) is 12.4 Å². The molecule has 0 aromatic carbocycles. The minimum absolute atomic E-state index is 0.105. The Balaban J connectivity index is 2.17. The maximum Gasteiger partial charge on any atom is 0.211 e. The van der Waals surface area contributed by atoms with Crippen molar-refractivity contribution in [3.63, 3.8) is 0 Å². The van der Waals surface area contributed by atoms with Crippen LogP contribution in [-0.2, 0) is 16.4 Å². The first-order chi connectivity index (χ1) is 9.14. The fraction of sp³-hybridized carbons (Fsp3) is 0.615. The molecule has 2 N–H and O–H groups in total. The molecule has 0 aliphatic carbocycles. The Morgan fingerprint density at radius 2 is 1.79 bits per heavy atom. The third-order valence-electron chi connectivity index (χ3n) is 2.82. The molecule has 108 valence electrons. The zero-order valence-electron chi connectivity index (χ0n) is 11.1. The summed E-state index contributed by atoms with van der Waals surface area (Å²) in [5.41, 5.74) is 0.975. The lowest BCUT2D eigenvalue weighted by Gasteiger charge is -2.06. The second-order valence-electron chi connectivity index (χ2n) is 4.46. The third-order valence-corrected chi connectivity index (χ3v) is 4.20. The van der Waals surface area contributed by atoms with Gasteiger partial charge in [0.25, 0.3) is 0 Å². The number of unbranched alkanes of at least 4 members (excludes halogenated alkanes) is 3. The number of hydrogen-bond donors (Lipinski definition) is 2. The van der Waals surface area contributed by atoms with Gasteiger partial charge in [-0.15, -0.1) is 0 Å². The summed E-state index contributed by atoms with van der Waals surface area (Å²) in [5.74, 6) is 0.105. The van der Waals surface area contributed by atoms with Gasteiger partial charge in [0, 0.05) is 25.5 Å².